The minimum atomic E-state index is 0.785. The maximum Gasteiger partial charge on any atom is 0.205 e. The van der Waals surface area contributed by atoms with E-state index < -0.39 is 0 Å². The summed E-state index contributed by atoms with van der Waals surface area (Å²) in [5, 5.41) is 4.75. The smallest absolute Gasteiger partial charge is 0.205 e. The third-order valence-corrected chi connectivity index (χ3v) is 4.86. The van der Waals surface area contributed by atoms with E-state index in [4.69, 9.17) is 0 Å². The molecule has 2 fully saturated rings. The molecule has 2 aliphatic rings. The Hall–Kier alpha value is -0.680. The highest BCUT2D eigenvalue weighted by Gasteiger charge is 2.29. The van der Waals surface area contributed by atoms with Gasteiger partial charge in [0, 0.05) is 30.7 Å². The molecule has 1 N–H and O–H groups in total. The summed E-state index contributed by atoms with van der Waals surface area (Å²) >= 11 is 1.54. The molecule has 2 saturated heterocycles. The first-order chi connectivity index (χ1) is 8.33. The fourth-order valence-corrected chi connectivity index (χ4v) is 3.75. The van der Waals surface area contributed by atoms with Crippen LogP contribution in [0.3, 0.4) is 0 Å². The van der Waals surface area contributed by atoms with Gasteiger partial charge in [0.05, 0.1) is 0 Å². The zero-order valence-electron chi connectivity index (χ0n) is 10.4. The minimum absolute atomic E-state index is 0.785. The number of rotatable bonds is 2. The topological polar surface area (TPSA) is 41.1 Å². The van der Waals surface area contributed by atoms with Crippen LogP contribution in [0.1, 0.15) is 31.5 Å². The fraction of sp³-hybridized carbons (Fsp3) is 0.833. The van der Waals surface area contributed by atoms with Crippen LogP contribution in [0.2, 0.25) is 0 Å². The van der Waals surface area contributed by atoms with Crippen LogP contribution in [0.5, 0.6) is 0 Å². The molecule has 1 unspecified atom stereocenters. The molecule has 1 atom stereocenters. The van der Waals surface area contributed by atoms with Crippen molar-refractivity contribution in [3.8, 4) is 0 Å². The van der Waals surface area contributed by atoms with Gasteiger partial charge in [0.1, 0.15) is 5.82 Å². The molecule has 5 heteroatoms. The number of hydrogen-bond acceptors (Lipinski definition) is 5. The molecule has 3 rings (SSSR count). The molecule has 0 amide bonds. The number of nitrogens with zero attached hydrogens (tertiary/aromatic N) is 3. The third-order valence-electron chi connectivity index (χ3n) is 3.99. The van der Waals surface area contributed by atoms with Gasteiger partial charge in [0.15, 0.2) is 0 Å². The van der Waals surface area contributed by atoms with Gasteiger partial charge in [0.2, 0.25) is 5.13 Å². The van der Waals surface area contributed by atoms with E-state index >= 15 is 0 Å². The van der Waals surface area contributed by atoms with Crippen LogP contribution < -0.4 is 10.2 Å². The Morgan fingerprint density at radius 2 is 2.12 bits per heavy atom. The third kappa shape index (κ3) is 2.45. The second-order valence-electron chi connectivity index (χ2n) is 5.15. The Kier molecular flexibility index (Phi) is 3.29. The molecule has 0 spiro atoms. The van der Waals surface area contributed by atoms with E-state index in [1.165, 1.54) is 43.8 Å². The Balaban J connectivity index is 1.56. The van der Waals surface area contributed by atoms with Crippen molar-refractivity contribution < 1.29 is 0 Å². The van der Waals surface area contributed by atoms with Crippen molar-refractivity contribution in [2.75, 3.05) is 24.5 Å². The summed E-state index contributed by atoms with van der Waals surface area (Å²) in [6.45, 7) is 5.49. The van der Waals surface area contributed by atoms with E-state index in [1.54, 1.807) is 0 Å². The number of hydrogen-bond donors (Lipinski definition) is 1. The van der Waals surface area contributed by atoms with Crippen LogP contribution in [0, 0.1) is 12.8 Å². The van der Waals surface area contributed by atoms with E-state index in [-0.39, 0.29) is 0 Å². The van der Waals surface area contributed by atoms with Crippen molar-refractivity contribution in [3.05, 3.63) is 5.82 Å². The first-order valence-corrected chi connectivity index (χ1v) is 7.39. The molecule has 0 saturated carbocycles. The zero-order chi connectivity index (χ0) is 11.7. The number of anilines is 1. The highest BCUT2D eigenvalue weighted by Crippen LogP contribution is 2.28. The number of nitrogens with one attached hydrogen (secondary N) is 1. The van der Waals surface area contributed by atoms with Crippen LogP contribution >= 0.6 is 11.5 Å². The van der Waals surface area contributed by atoms with Crippen molar-refractivity contribution >= 4 is 16.7 Å². The molecule has 0 aliphatic carbocycles. The first kappa shape index (κ1) is 11.4. The van der Waals surface area contributed by atoms with Crippen LogP contribution in [0.25, 0.3) is 0 Å². The molecular weight excluding hydrogens is 232 g/mol. The summed E-state index contributed by atoms with van der Waals surface area (Å²) in [6, 6.07) is 0.785. The monoisotopic (exact) mass is 252 g/mol. The SMILES string of the molecule is Cc1nsc(N2CCC(C3CCCN3)CC2)n1. The highest BCUT2D eigenvalue weighted by molar-refractivity contribution is 7.09. The van der Waals surface area contributed by atoms with Gasteiger partial charge in [-0.3, -0.25) is 0 Å². The molecule has 2 aliphatic heterocycles. The number of piperidine rings is 1. The Morgan fingerprint density at radius 3 is 2.71 bits per heavy atom. The average Bonchev–Trinajstić information content (AvgIpc) is 3.00. The quantitative estimate of drug-likeness (QED) is 0.871. The second kappa shape index (κ2) is 4.90. The molecular formula is C12H20N4S. The molecule has 3 heterocycles. The standard InChI is InChI=1S/C12H20N4S/c1-9-14-12(17-15-9)16-7-4-10(5-8-16)11-3-2-6-13-11/h10-11,13H,2-8H2,1H3. The summed E-state index contributed by atoms with van der Waals surface area (Å²) in [7, 11) is 0. The minimum Gasteiger partial charge on any atom is -0.347 e. The van der Waals surface area contributed by atoms with Crippen molar-refractivity contribution in [3.63, 3.8) is 0 Å². The van der Waals surface area contributed by atoms with Crippen molar-refractivity contribution in [2.45, 2.75) is 38.6 Å². The van der Waals surface area contributed by atoms with Gasteiger partial charge in [0.25, 0.3) is 0 Å². The van der Waals surface area contributed by atoms with Gasteiger partial charge in [-0.25, -0.2) is 4.98 Å². The predicted molar refractivity (Wildman–Crippen MR) is 70.6 cm³/mol. The summed E-state index contributed by atoms with van der Waals surface area (Å²) in [4.78, 5) is 6.87. The predicted octanol–water partition coefficient (Wildman–Crippen LogP) is 1.81. The second-order valence-corrected chi connectivity index (χ2v) is 5.88. The summed E-state index contributed by atoms with van der Waals surface area (Å²) in [5.74, 6) is 1.78. The largest absolute Gasteiger partial charge is 0.347 e. The van der Waals surface area contributed by atoms with Gasteiger partial charge in [-0.1, -0.05) is 0 Å². The average molecular weight is 252 g/mol. The molecule has 94 valence electrons. The molecule has 17 heavy (non-hydrogen) atoms. The van der Waals surface area contributed by atoms with Gasteiger partial charge >= 0.3 is 0 Å². The lowest BCUT2D eigenvalue weighted by atomic mass is 9.89. The molecule has 0 bridgehead atoms. The van der Waals surface area contributed by atoms with Crippen LogP contribution in [0.15, 0.2) is 0 Å². The molecule has 4 nitrogen and oxygen atoms in total. The maximum absolute atomic E-state index is 4.47. The van der Waals surface area contributed by atoms with Gasteiger partial charge in [-0.15, -0.1) is 0 Å². The zero-order valence-corrected chi connectivity index (χ0v) is 11.2. The van der Waals surface area contributed by atoms with Crippen LogP contribution in [-0.2, 0) is 0 Å². The Morgan fingerprint density at radius 1 is 1.29 bits per heavy atom. The molecule has 0 radical (unpaired) electrons. The van der Waals surface area contributed by atoms with E-state index in [1.807, 2.05) is 6.92 Å². The van der Waals surface area contributed by atoms with Crippen molar-refractivity contribution in [2.24, 2.45) is 5.92 Å². The molecule has 1 aromatic rings. The lowest BCUT2D eigenvalue weighted by Gasteiger charge is -2.34. The lowest BCUT2D eigenvalue weighted by molar-refractivity contribution is 0.319. The first-order valence-electron chi connectivity index (χ1n) is 6.61. The maximum atomic E-state index is 4.47. The Labute approximate surface area is 107 Å². The van der Waals surface area contributed by atoms with Gasteiger partial charge < -0.3 is 10.2 Å². The van der Waals surface area contributed by atoms with Gasteiger partial charge in [-0.05, 0) is 45.1 Å². The lowest BCUT2D eigenvalue weighted by Crippen LogP contribution is -2.40. The van der Waals surface area contributed by atoms with Crippen LogP contribution in [-0.4, -0.2) is 35.0 Å². The fourth-order valence-electron chi connectivity index (χ4n) is 3.02. The number of aromatic nitrogens is 2. The normalized spacial score (nSPS) is 26.6. The highest BCUT2D eigenvalue weighted by atomic mass is 32.1. The number of aryl methyl sites for hydroxylation is 1. The summed E-state index contributed by atoms with van der Waals surface area (Å²) < 4.78 is 4.26. The Bertz CT molecular complexity index is 364. The molecule has 1 aromatic heterocycles. The van der Waals surface area contributed by atoms with E-state index in [2.05, 4.69) is 19.6 Å². The van der Waals surface area contributed by atoms with E-state index in [0.29, 0.717) is 0 Å². The van der Waals surface area contributed by atoms with Gasteiger partial charge in [-0.2, -0.15) is 4.37 Å². The summed E-state index contributed by atoms with van der Waals surface area (Å²) in [6.07, 6.45) is 5.34. The molecule has 0 aromatic carbocycles. The van der Waals surface area contributed by atoms with E-state index in [9.17, 15) is 0 Å². The van der Waals surface area contributed by atoms with Crippen LogP contribution in [0.4, 0.5) is 5.13 Å². The van der Waals surface area contributed by atoms with Crippen molar-refractivity contribution in [1.29, 1.82) is 0 Å². The summed E-state index contributed by atoms with van der Waals surface area (Å²) in [5.41, 5.74) is 0. The van der Waals surface area contributed by atoms with E-state index in [0.717, 1.165) is 36.0 Å². The van der Waals surface area contributed by atoms with Crippen molar-refractivity contribution in [1.82, 2.24) is 14.7 Å².